The summed E-state index contributed by atoms with van der Waals surface area (Å²) in [7, 11) is 0. The molecule has 1 aromatic heterocycles. The zero-order chi connectivity index (χ0) is 38.1. The average molecular weight is 743 g/mol. The summed E-state index contributed by atoms with van der Waals surface area (Å²) in [6.07, 6.45) is 11.0. The smallest absolute Gasteiger partial charge is 0.345 e. The summed E-state index contributed by atoms with van der Waals surface area (Å²) in [6.45, 7) is 19.9. The molecule has 0 aliphatic heterocycles. The minimum absolute atomic E-state index is 0.0641. The summed E-state index contributed by atoms with van der Waals surface area (Å²) < 4.78 is 0. The first-order chi connectivity index (χ1) is 25.0. The molecule has 1 aromatic carbocycles. The van der Waals surface area contributed by atoms with Crippen molar-refractivity contribution in [2.24, 2.45) is 56.7 Å². The van der Waals surface area contributed by atoms with E-state index in [1.165, 1.54) is 36.2 Å². The average Bonchev–Trinajstić information content (AvgIpc) is 3.76. The van der Waals surface area contributed by atoms with E-state index in [9.17, 15) is 24.6 Å². The SMILES string of the molecule is C=C(C)C1CCC2(C(=O)NCc3cccc(C(=O)NCCc4ccc(C(=O)O)s4)c3)CC[C@]3(C)C(CCC4[C@@]5(C)CC[C@H](O)C(C)(C)C5CC[C@]43C)C12. The van der Waals surface area contributed by atoms with Gasteiger partial charge in [0.25, 0.3) is 5.91 Å². The summed E-state index contributed by atoms with van der Waals surface area (Å²) in [5, 5.41) is 26.7. The molecule has 7 nitrogen and oxygen atoms in total. The molecule has 5 saturated carbocycles. The van der Waals surface area contributed by atoms with Crippen LogP contribution in [0.25, 0.3) is 0 Å². The fourth-order valence-corrected chi connectivity index (χ4v) is 14.6. The third kappa shape index (κ3) is 6.04. The number of aliphatic hydroxyl groups excluding tert-OH is 1. The summed E-state index contributed by atoms with van der Waals surface area (Å²) in [5.41, 5.74) is 2.75. The van der Waals surface area contributed by atoms with Crippen molar-refractivity contribution in [3.05, 3.63) is 69.4 Å². The number of aliphatic hydroxyl groups is 1. The van der Waals surface area contributed by atoms with E-state index < -0.39 is 11.4 Å². The Morgan fingerprint density at radius 2 is 1.64 bits per heavy atom. The molecule has 5 aliphatic carbocycles. The molecular formula is C45H62N2O5S. The lowest BCUT2D eigenvalue weighted by molar-refractivity contribution is -0.246. The van der Waals surface area contributed by atoms with Crippen LogP contribution in [0.15, 0.2) is 48.6 Å². The van der Waals surface area contributed by atoms with E-state index in [2.05, 4.69) is 58.8 Å². The normalized spacial score (nSPS) is 38.4. The largest absolute Gasteiger partial charge is 0.477 e. The van der Waals surface area contributed by atoms with E-state index in [0.717, 1.165) is 55.4 Å². The fourth-order valence-electron chi connectivity index (χ4n) is 13.7. The fraction of sp³-hybridized carbons (Fsp3) is 0.667. The van der Waals surface area contributed by atoms with Crippen molar-refractivity contribution in [2.45, 2.75) is 125 Å². The third-order valence-electron chi connectivity index (χ3n) is 16.7. The van der Waals surface area contributed by atoms with Gasteiger partial charge < -0.3 is 20.8 Å². The van der Waals surface area contributed by atoms with Gasteiger partial charge in [-0.1, -0.05) is 58.9 Å². The maximum absolute atomic E-state index is 14.7. The number of thiophene rings is 1. The number of carboxylic acid groups (broad SMARTS) is 1. The van der Waals surface area contributed by atoms with Crippen molar-refractivity contribution < 1.29 is 24.6 Å². The van der Waals surface area contributed by atoms with Gasteiger partial charge in [0, 0.05) is 23.5 Å². The van der Waals surface area contributed by atoms with Crippen LogP contribution in [0.1, 0.15) is 136 Å². The van der Waals surface area contributed by atoms with E-state index in [-0.39, 0.29) is 45.5 Å². The molecule has 6 unspecified atom stereocenters. The van der Waals surface area contributed by atoms with Crippen molar-refractivity contribution in [1.82, 2.24) is 10.6 Å². The lowest BCUT2D eigenvalue weighted by atomic mass is 9.32. The van der Waals surface area contributed by atoms with Crippen LogP contribution in [0.3, 0.4) is 0 Å². The number of hydrogen-bond donors (Lipinski definition) is 4. The molecule has 0 radical (unpaired) electrons. The number of fused-ring (bicyclic) bond motifs is 7. The second kappa shape index (κ2) is 13.6. The van der Waals surface area contributed by atoms with Crippen LogP contribution in [0.4, 0.5) is 0 Å². The van der Waals surface area contributed by atoms with Crippen LogP contribution in [0.5, 0.6) is 0 Å². The quantitative estimate of drug-likeness (QED) is 0.192. The molecule has 0 spiro atoms. The van der Waals surface area contributed by atoms with Gasteiger partial charge in [-0.05, 0) is 159 Å². The second-order valence-corrected chi connectivity index (χ2v) is 20.3. The maximum Gasteiger partial charge on any atom is 0.345 e. The van der Waals surface area contributed by atoms with Crippen LogP contribution in [-0.4, -0.2) is 40.6 Å². The molecule has 4 N–H and O–H groups in total. The Bertz CT molecular complexity index is 1780. The first-order valence-electron chi connectivity index (χ1n) is 20.3. The number of rotatable bonds is 9. The Kier molecular flexibility index (Phi) is 9.87. The molecule has 7 rings (SSSR count). The van der Waals surface area contributed by atoms with Crippen molar-refractivity contribution in [3.63, 3.8) is 0 Å². The minimum atomic E-state index is -0.936. The molecule has 1 heterocycles. The molecule has 0 saturated heterocycles. The Hall–Kier alpha value is -2.97. The highest BCUT2D eigenvalue weighted by Gasteiger charge is 2.71. The Morgan fingerprint density at radius 1 is 0.868 bits per heavy atom. The lowest BCUT2D eigenvalue weighted by Gasteiger charge is -2.72. The number of carbonyl (C=O) groups is 3. The minimum Gasteiger partial charge on any atom is -0.477 e. The zero-order valence-corrected chi connectivity index (χ0v) is 33.7. The van der Waals surface area contributed by atoms with E-state index in [1.807, 2.05) is 18.2 Å². The van der Waals surface area contributed by atoms with Crippen molar-refractivity contribution in [2.75, 3.05) is 6.54 Å². The molecular weight excluding hydrogens is 681 g/mol. The van der Waals surface area contributed by atoms with Crippen molar-refractivity contribution in [3.8, 4) is 0 Å². The standard InChI is InChI=1S/C45H62N2O5S/c1-27(2)31-15-21-45(40(52)47-26-28-9-8-10-29(25-28)38(49)46-24-18-30-11-13-33(53-30)39(50)51)23-22-43(6)32(37(31)45)12-14-35-42(5)19-17-36(48)41(3,4)34(42)16-20-44(35,43)7/h8-11,13,25,31-32,34-37,48H,1,12,14-24,26H2,2-7H3,(H,46,49)(H,47,52)(H,50,51)/t31?,32?,34?,35?,36-,37?,42-,43+,44+,45?/m0/s1. The molecule has 5 aliphatic rings. The van der Waals surface area contributed by atoms with Crippen LogP contribution in [0, 0.1) is 56.7 Å². The highest BCUT2D eigenvalue weighted by molar-refractivity contribution is 7.13. The van der Waals surface area contributed by atoms with Crippen LogP contribution < -0.4 is 10.6 Å². The van der Waals surface area contributed by atoms with E-state index in [0.29, 0.717) is 53.6 Å². The molecule has 0 bridgehead atoms. The Labute approximate surface area is 320 Å². The monoisotopic (exact) mass is 742 g/mol. The van der Waals surface area contributed by atoms with Gasteiger partial charge in [-0.3, -0.25) is 9.59 Å². The predicted octanol–water partition coefficient (Wildman–Crippen LogP) is 9.05. The second-order valence-electron chi connectivity index (χ2n) is 19.2. The number of carboxylic acids is 1. The molecule has 2 amide bonds. The van der Waals surface area contributed by atoms with Gasteiger partial charge in [-0.25, -0.2) is 4.79 Å². The van der Waals surface area contributed by atoms with Gasteiger partial charge >= 0.3 is 5.97 Å². The highest BCUT2D eigenvalue weighted by Crippen LogP contribution is 2.77. The van der Waals surface area contributed by atoms with Gasteiger partial charge in [0.2, 0.25) is 5.91 Å². The number of amides is 2. The molecule has 10 atom stereocenters. The van der Waals surface area contributed by atoms with Gasteiger partial charge in [-0.15, -0.1) is 11.3 Å². The van der Waals surface area contributed by atoms with Gasteiger partial charge in [0.05, 0.1) is 11.5 Å². The van der Waals surface area contributed by atoms with Gasteiger partial charge in [0.1, 0.15) is 4.88 Å². The first kappa shape index (κ1) is 38.3. The number of nitrogens with one attached hydrogen (secondary N) is 2. The topological polar surface area (TPSA) is 116 Å². The molecule has 53 heavy (non-hydrogen) atoms. The summed E-state index contributed by atoms with van der Waals surface area (Å²) in [5.74, 6) is 1.30. The Balaban J connectivity index is 1.06. The number of carbonyl (C=O) groups excluding carboxylic acids is 2. The summed E-state index contributed by atoms with van der Waals surface area (Å²) in [6, 6.07) is 10.9. The van der Waals surface area contributed by atoms with E-state index >= 15 is 0 Å². The van der Waals surface area contributed by atoms with Crippen molar-refractivity contribution >= 4 is 29.1 Å². The van der Waals surface area contributed by atoms with Crippen LogP contribution >= 0.6 is 11.3 Å². The van der Waals surface area contributed by atoms with Crippen LogP contribution in [-0.2, 0) is 17.8 Å². The van der Waals surface area contributed by atoms with Gasteiger partial charge in [-0.2, -0.15) is 0 Å². The maximum atomic E-state index is 14.7. The zero-order valence-electron chi connectivity index (χ0n) is 32.9. The van der Waals surface area contributed by atoms with E-state index in [4.69, 9.17) is 0 Å². The summed E-state index contributed by atoms with van der Waals surface area (Å²) >= 11 is 1.23. The summed E-state index contributed by atoms with van der Waals surface area (Å²) in [4.78, 5) is 40.2. The first-order valence-corrected chi connectivity index (χ1v) is 21.1. The molecule has 8 heteroatoms. The third-order valence-corrected chi connectivity index (χ3v) is 17.8. The predicted molar refractivity (Wildman–Crippen MR) is 211 cm³/mol. The Morgan fingerprint density at radius 3 is 2.36 bits per heavy atom. The molecule has 2 aromatic rings. The lowest BCUT2D eigenvalue weighted by Crippen LogP contribution is -2.67. The number of aromatic carboxylic acids is 1. The molecule has 288 valence electrons. The number of allylic oxidation sites excluding steroid dienone is 1. The molecule has 5 fully saturated rings. The number of hydrogen-bond acceptors (Lipinski definition) is 5. The van der Waals surface area contributed by atoms with Crippen LogP contribution in [0.2, 0.25) is 0 Å². The van der Waals surface area contributed by atoms with E-state index in [1.54, 1.807) is 18.2 Å². The van der Waals surface area contributed by atoms with Gasteiger partial charge in [0.15, 0.2) is 0 Å². The highest BCUT2D eigenvalue weighted by atomic mass is 32.1. The van der Waals surface area contributed by atoms with Crippen molar-refractivity contribution in [1.29, 1.82) is 0 Å². The number of benzene rings is 1.